The number of fused-ring (bicyclic) bond motifs is 3. The molecule has 2 heterocycles. The topological polar surface area (TPSA) is 110 Å². The van der Waals surface area contributed by atoms with Gasteiger partial charge in [0, 0.05) is 28.1 Å². The van der Waals surface area contributed by atoms with Crippen molar-refractivity contribution in [3.63, 3.8) is 0 Å². The van der Waals surface area contributed by atoms with Crippen LogP contribution in [0.2, 0.25) is 0 Å². The number of phenolic OH excluding ortho intramolecular Hbond substituents is 1. The van der Waals surface area contributed by atoms with Crippen LogP contribution in [0.15, 0.2) is 63.7 Å². The maximum atomic E-state index is 13.6. The summed E-state index contributed by atoms with van der Waals surface area (Å²) >= 11 is 3.47. The predicted octanol–water partition coefficient (Wildman–Crippen LogP) is 6.57. The van der Waals surface area contributed by atoms with Crippen LogP contribution in [0, 0.1) is 27.9 Å². The summed E-state index contributed by atoms with van der Waals surface area (Å²) in [5, 5.41) is 21.6. The van der Waals surface area contributed by atoms with E-state index in [2.05, 4.69) is 22.9 Å². The molecule has 2 aromatic carbocycles. The summed E-state index contributed by atoms with van der Waals surface area (Å²) in [5.74, 6) is -1.55. The molecule has 2 saturated heterocycles. The summed E-state index contributed by atoms with van der Waals surface area (Å²) in [7, 11) is 0. The summed E-state index contributed by atoms with van der Waals surface area (Å²) in [6.07, 6.45) is 5.80. The number of hydrogen-bond acceptors (Lipinski definition) is 6. The fourth-order valence-corrected chi connectivity index (χ4v) is 6.78. The van der Waals surface area contributed by atoms with E-state index in [1.165, 1.54) is 23.8 Å². The molecular formula is C30H31BrN2O6. The van der Waals surface area contributed by atoms with Gasteiger partial charge in [-0.3, -0.25) is 19.7 Å². The van der Waals surface area contributed by atoms with Crippen molar-refractivity contribution >= 4 is 45.2 Å². The summed E-state index contributed by atoms with van der Waals surface area (Å²) in [6.45, 7) is 4.52. The Balaban J connectivity index is 1.35. The van der Waals surface area contributed by atoms with Crippen molar-refractivity contribution in [3.05, 3.63) is 79.3 Å². The number of phenols is 1. The van der Waals surface area contributed by atoms with Gasteiger partial charge in [0.2, 0.25) is 11.8 Å². The monoisotopic (exact) mass is 594 g/mol. The number of ether oxygens (including phenoxy) is 1. The maximum Gasteiger partial charge on any atom is 0.271 e. The minimum absolute atomic E-state index is 0.137. The van der Waals surface area contributed by atoms with E-state index in [1.54, 1.807) is 18.2 Å². The number of imide groups is 1. The largest absolute Gasteiger partial charge is 0.507 e. The number of nitro groups is 1. The van der Waals surface area contributed by atoms with Crippen molar-refractivity contribution in [3.8, 4) is 5.75 Å². The Morgan fingerprint density at radius 3 is 2.72 bits per heavy atom. The smallest absolute Gasteiger partial charge is 0.271 e. The molecule has 0 aromatic heterocycles. The molecule has 204 valence electrons. The number of allylic oxidation sites excluding steroid dienone is 2. The lowest BCUT2D eigenvalue weighted by molar-refractivity contribution is -0.384. The zero-order valence-corrected chi connectivity index (χ0v) is 23.5. The van der Waals surface area contributed by atoms with Crippen LogP contribution in [-0.4, -0.2) is 34.6 Å². The third kappa shape index (κ3) is 5.17. The highest BCUT2D eigenvalue weighted by atomic mass is 79.9. The molecule has 0 bridgehead atoms. The number of carbonyl (C=O) groups is 2. The van der Waals surface area contributed by atoms with Gasteiger partial charge in [0.25, 0.3) is 5.69 Å². The average molecular weight is 595 g/mol. The van der Waals surface area contributed by atoms with E-state index in [9.17, 15) is 24.8 Å². The van der Waals surface area contributed by atoms with Gasteiger partial charge in [-0.15, -0.1) is 0 Å². The fraction of sp³-hybridized carbons (Fsp3) is 0.400. The molecule has 2 aromatic rings. The van der Waals surface area contributed by atoms with Crippen LogP contribution in [0.3, 0.4) is 0 Å². The van der Waals surface area contributed by atoms with E-state index in [4.69, 9.17) is 4.74 Å². The van der Waals surface area contributed by atoms with Crippen LogP contribution in [0.25, 0.3) is 6.08 Å². The minimum Gasteiger partial charge on any atom is -0.507 e. The molecule has 1 N–H and O–H groups in total. The summed E-state index contributed by atoms with van der Waals surface area (Å²) < 4.78 is 7.16. The van der Waals surface area contributed by atoms with Crippen LogP contribution in [0.5, 0.6) is 5.75 Å². The second kappa shape index (κ2) is 11.1. The minimum atomic E-state index is -0.528. The fourth-order valence-electron chi connectivity index (χ4n) is 6.40. The number of nitro benzene ring substituents is 1. The predicted molar refractivity (Wildman–Crippen MR) is 151 cm³/mol. The number of benzene rings is 2. The number of non-ortho nitro benzene ring substituents is 1. The number of hydrogen-bond donors (Lipinski definition) is 1. The summed E-state index contributed by atoms with van der Waals surface area (Å²) in [4.78, 5) is 38.9. The van der Waals surface area contributed by atoms with Crippen molar-refractivity contribution in [1.29, 1.82) is 0 Å². The standard InChI is InChI=1S/C30H31BrN2O6/c1-3-5-18(13-19-14-20(31)9-10-25(19)34)8-11-26-27-17(2)12-23-28(24(27)16-39-26)30(36)32(29(23)35)21-6-4-7-22(15-21)33(37)38/h4,6-7,9-10,13-15,23-24,26,28,34H,3,5,8,11-12,16H2,1-2H3/b18-13+/t23-,24+,26-,28-/m1/s1. The molecule has 5 rings (SSSR count). The third-order valence-corrected chi connectivity index (χ3v) is 8.59. The van der Waals surface area contributed by atoms with E-state index in [-0.39, 0.29) is 41.0 Å². The SMILES string of the molecule is CCC/C(=C\c1cc(Br)ccc1O)CC[C@H]1OC[C@H]2C1=C(C)C[C@H]1C(=O)N(c3cccc([N+](=O)[O-])c3)C(=O)[C@H]12. The molecule has 2 fully saturated rings. The molecule has 1 aliphatic carbocycles. The van der Waals surface area contributed by atoms with E-state index < -0.39 is 16.8 Å². The van der Waals surface area contributed by atoms with Gasteiger partial charge in [-0.25, -0.2) is 4.90 Å². The van der Waals surface area contributed by atoms with Gasteiger partial charge in [-0.1, -0.05) is 52.6 Å². The molecule has 0 spiro atoms. The number of halogens is 1. The second-order valence-corrected chi connectivity index (χ2v) is 11.5. The highest BCUT2D eigenvalue weighted by Crippen LogP contribution is 2.50. The maximum absolute atomic E-state index is 13.6. The third-order valence-electron chi connectivity index (χ3n) is 8.10. The number of rotatable bonds is 8. The molecule has 4 atom stereocenters. The molecule has 9 heteroatoms. The molecular weight excluding hydrogens is 564 g/mol. The molecule has 2 amide bonds. The summed E-state index contributed by atoms with van der Waals surface area (Å²) in [5.41, 5.74) is 4.29. The number of carbonyl (C=O) groups excluding carboxylic acids is 2. The van der Waals surface area contributed by atoms with Gasteiger partial charge >= 0.3 is 0 Å². The van der Waals surface area contributed by atoms with Crippen LogP contribution in [0.4, 0.5) is 11.4 Å². The molecule has 39 heavy (non-hydrogen) atoms. The van der Waals surface area contributed by atoms with E-state index >= 15 is 0 Å². The van der Waals surface area contributed by atoms with Gasteiger partial charge in [-0.05, 0) is 62.4 Å². The van der Waals surface area contributed by atoms with Crippen molar-refractivity contribution in [2.75, 3.05) is 11.5 Å². The molecule has 2 aliphatic heterocycles. The van der Waals surface area contributed by atoms with Crippen molar-refractivity contribution < 1.29 is 24.4 Å². The Bertz CT molecular complexity index is 1400. The Morgan fingerprint density at radius 2 is 1.97 bits per heavy atom. The first-order chi connectivity index (χ1) is 18.7. The normalized spacial score (nSPS) is 24.8. The quantitative estimate of drug-likeness (QED) is 0.160. The Hall–Kier alpha value is -3.30. The van der Waals surface area contributed by atoms with Crippen molar-refractivity contribution in [2.45, 2.75) is 52.1 Å². The van der Waals surface area contributed by atoms with Gasteiger partial charge in [0.15, 0.2) is 0 Å². The first-order valence-electron chi connectivity index (χ1n) is 13.3. The van der Waals surface area contributed by atoms with E-state index in [0.717, 1.165) is 51.8 Å². The van der Waals surface area contributed by atoms with Gasteiger partial charge in [-0.2, -0.15) is 0 Å². The Labute approximate surface area is 235 Å². The molecule has 0 unspecified atom stereocenters. The number of nitrogens with zero attached hydrogens (tertiary/aromatic N) is 2. The number of amides is 2. The average Bonchev–Trinajstić information content (AvgIpc) is 3.43. The Kier molecular flexibility index (Phi) is 7.73. The first-order valence-corrected chi connectivity index (χ1v) is 14.1. The van der Waals surface area contributed by atoms with E-state index in [1.807, 2.05) is 19.1 Å². The van der Waals surface area contributed by atoms with Crippen molar-refractivity contribution in [2.24, 2.45) is 17.8 Å². The van der Waals surface area contributed by atoms with Crippen LogP contribution in [-0.2, 0) is 14.3 Å². The zero-order valence-electron chi connectivity index (χ0n) is 21.9. The second-order valence-electron chi connectivity index (χ2n) is 10.6. The Morgan fingerprint density at radius 1 is 1.18 bits per heavy atom. The lowest BCUT2D eigenvalue weighted by Crippen LogP contribution is -2.34. The van der Waals surface area contributed by atoms with Crippen molar-refractivity contribution in [1.82, 2.24) is 0 Å². The van der Waals surface area contributed by atoms with Crippen LogP contribution < -0.4 is 4.90 Å². The highest BCUT2D eigenvalue weighted by Gasteiger charge is 2.57. The molecule has 0 radical (unpaired) electrons. The van der Waals surface area contributed by atoms with Crippen LogP contribution >= 0.6 is 15.9 Å². The first kappa shape index (κ1) is 27.3. The highest BCUT2D eigenvalue weighted by molar-refractivity contribution is 9.10. The van der Waals surface area contributed by atoms with E-state index in [0.29, 0.717) is 13.0 Å². The lowest BCUT2D eigenvalue weighted by atomic mass is 9.70. The van der Waals surface area contributed by atoms with Gasteiger partial charge in [0.1, 0.15) is 5.75 Å². The van der Waals surface area contributed by atoms with Gasteiger partial charge in [0.05, 0.1) is 35.2 Å². The lowest BCUT2D eigenvalue weighted by Gasteiger charge is -2.30. The molecule has 0 saturated carbocycles. The number of aromatic hydroxyl groups is 1. The molecule has 8 nitrogen and oxygen atoms in total. The van der Waals surface area contributed by atoms with Crippen LogP contribution in [0.1, 0.15) is 51.5 Å². The molecule has 3 aliphatic rings. The summed E-state index contributed by atoms with van der Waals surface area (Å²) in [6, 6.07) is 11.1. The number of anilines is 1. The van der Waals surface area contributed by atoms with Gasteiger partial charge < -0.3 is 9.84 Å². The zero-order chi connectivity index (χ0) is 27.8.